The van der Waals surface area contributed by atoms with E-state index in [9.17, 15) is 4.79 Å². The van der Waals surface area contributed by atoms with Gasteiger partial charge in [-0.1, -0.05) is 30.3 Å². The van der Waals surface area contributed by atoms with Crippen molar-refractivity contribution in [3.05, 3.63) is 41.5 Å². The van der Waals surface area contributed by atoms with Crippen molar-refractivity contribution in [3.63, 3.8) is 0 Å². The van der Waals surface area contributed by atoms with Crippen LogP contribution in [0.15, 0.2) is 35.9 Å². The van der Waals surface area contributed by atoms with E-state index >= 15 is 0 Å². The highest BCUT2D eigenvalue weighted by atomic mass is 32.1. The summed E-state index contributed by atoms with van der Waals surface area (Å²) in [7, 11) is 0. The zero-order chi connectivity index (χ0) is 12.7. The van der Waals surface area contributed by atoms with Gasteiger partial charge in [-0.15, -0.1) is 0 Å². The average Bonchev–Trinajstić information content (AvgIpc) is 2.34. The van der Waals surface area contributed by atoms with Crippen molar-refractivity contribution in [1.29, 1.82) is 5.26 Å². The fraction of sp³-hybridized carbons (Fsp3) is 0. The zero-order valence-corrected chi connectivity index (χ0v) is 9.62. The van der Waals surface area contributed by atoms with Crippen molar-refractivity contribution in [3.8, 4) is 6.07 Å². The minimum absolute atomic E-state index is 0.0417. The highest BCUT2D eigenvalue weighted by molar-refractivity contribution is 7.80. The molecule has 4 N–H and O–H groups in total. The molecule has 0 aliphatic rings. The van der Waals surface area contributed by atoms with Gasteiger partial charge in [0.25, 0.3) is 5.91 Å². The first-order chi connectivity index (χ1) is 8.13. The standard InChI is InChI=1S/C11H10N4OS/c12-7-9(10(16)14-15-11(13)17)6-8-4-2-1-3-5-8/h1-6H,(H,14,16)(H3,13,15,17)/b9-6+. The van der Waals surface area contributed by atoms with Crippen molar-refractivity contribution in [2.75, 3.05) is 0 Å². The van der Waals surface area contributed by atoms with Crippen LogP contribution in [-0.2, 0) is 4.79 Å². The highest BCUT2D eigenvalue weighted by Gasteiger charge is 2.08. The summed E-state index contributed by atoms with van der Waals surface area (Å²) in [6.45, 7) is 0. The SMILES string of the molecule is N#C/C(=C\c1ccccc1)C(=O)NNC(N)=S. The summed E-state index contributed by atoms with van der Waals surface area (Å²) < 4.78 is 0. The minimum Gasteiger partial charge on any atom is -0.375 e. The first kappa shape index (κ1) is 12.7. The second-order valence-corrected chi connectivity index (χ2v) is 3.46. The lowest BCUT2D eigenvalue weighted by Gasteiger charge is -2.04. The van der Waals surface area contributed by atoms with Crippen LogP contribution in [0.25, 0.3) is 6.08 Å². The fourth-order valence-electron chi connectivity index (χ4n) is 1.05. The van der Waals surface area contributed by atoms with E-state index in [1.165, 1.54) is 6.08 Å². The Kier molecular flexibility index (Phi) is 4.66. The Balaban J connectivity index is 2.79. The summed E-state index contributed by atoms with van der Waals surface area (Å²) >= 11 is 4.52. The van der Waals surface area contributed by atoms with E-state index in [2.05, 4.69) is 23.1 Å². The van der Waals surface area contributed by atoms with Gasteiger partial charge >= 0.3 is 0 Å². The van der Waals surface area contributed by atoms with Gasteiger partial charge in [-0.2, -0.15) is 5.26 Å². The van der Waals surface area contributed by atoms with Gasteiger partial charge < -0.3 is 5.73 Å². The fourth-order valence-corrected chi connectivity index (χ4v) is 1.10. The first-order valence-electron chi connectivity index (χ1n) is 4.66. The van der Waals surface area contributed by atoms with Crippen molar-refractivity contribution in [2.45, 2.75) is 0 Å². The molecule has 0 saturated heterocycles. The molecule has 6 heteroatoms. The molecule has 0 radical (unpaired) electrons. The first-order valence-corrected chi connectivity index (χ1v) is 5.07. The van der Waals surface area contributed by atoms with E-state index < -0.39 is 5.91 Å². The van der Waals surface area contributed by atoms with Crippen LogP contribution in [0, 0.1) is 11.3 Å². The number of thiocarbonyl (C=S) groups is 1. The lowest BCUT2D eigenvalue weighted by Crippen LogP contribution is -2.44. The zero-order valence-electron chi connectivity index (χ0n) is 8.81. The van der Waals surface area contributed by atoms with Crippen LogP contribution >= 0.6 is 12.2 Å². The minimum atomic E-state index is -0.593. The number of hydrogen-bond donors (Lipinski definition) is 3. The van der Waals surface area contributed by atoms with Gasteiger partial charge in [0, 0.05) is 0 Å². The Hall–Kier alpha value is -2.39. The summed E-state index contributed by atoms with van der Waals surface area (Å²) in [5, 5.41) is 8.78. The Morgan fingerprint density at radius 1 is 1.35 bits per heavy atom. The number of nitrogens with one attached hydrogen (secondary N) is 2. The summed E-state index contributed by atoms with van der Waals surface area (Å²) in [6, 6.07) is 10.8. The predicted octanol–water partition coefficient (Wildman–Crippen LogP) is 0.458. The van der Waals surface area contributed by atoms with Crippen LogP contribution in [0.4, 0.5) is 0 Å². The molecular weight excluding hydrogens is 236 g/mol. The quantitative estimate of drug-likeness (QED) is 0.305. The smallest absolute Gasteiger partial charge is 0.280 e. The number of nitrogens with zero attached hydrogens (tertiary/aromatic N) is 1. The molecule has 0 heterocycles. The number of rotatable bonds is 2. The van der Waals surface area contributed by atoms with Crippen LogP contribution in [0.5, 0.6) is 0 Å². The normalized spacial score (nSPS) is 10.2. The van der Waals surface area contributed by atoms with Gasteiger partial charge in [-0.25, -0.2) is 0 Å². The van der Waals surface area contributed by atoms with Gasteiger partial charge in [-0.05, 0) is 23.9 Å². The van der Waals surface area contributed by atoms with Crippen LogP contribution in [-0.4, -0.2) is 11.0 Å². The number of hydrogen-bond acceptors (Lipinski definition) is 3. The molecule has 0 aromatic heterocycles. The van der Waals surface area contributed by atoms with Crippen molar-refractivity contribution in [2.24, 2.45) is 5.73 Å². The molecule has 17 heavy (non-hydrogen) atoms. The largest absolute Gasteiger partial charge is 0.375 e. The second-order valence-electron chi connectivity index (χ2n) is 3.02. The van der Waals surface area contributed by atoms with Gasteiger partial charge in [0.2, 0.25) is 0 Å². The number of nitrogens with two attached hydrogens (primary N) is 1. The molecular formula is C11H10N4OS. The lowest BCUT2D eigenvalue weighted by molar-refractivity contribution is -0.117. The second kappa shape index (κ2) is 6.25. The van der Waals surface area contributed by atoms with Crippen LogP contribution in [0.3, 0.4) is 0 Å². The Labute approximate surface area is 104 Å². The van der Waals surface area contributed by atoms with E-state index in [-0.39, 0.29) is 10.7 Å². The molecule has 86 valence electrons. The lowest BCUT2D eigenvalue weighted by atomic mass is 10.1. The molecule has 0 unspecified atom stereocenters. The van der Waals surface area contributed by atoms with Crippen molar-refractivity contribution < 1.29 is 4.79 Å². The number of carbonyl (C=O) groups is 1. The topological polar surface area (TPSA) is 90.9 Å². The Morgan fingerprint density at radius 2 is 2.00 bits per heavy atom. The monoisotopic (exact) mass is 246 g/mol. The maximum absolute atomic E-state index is 11.5. The van der Waals surface area contributed by atoms with E-state index in [1.54, 1.807) is 18.2 Å². The van der Waals surface area contributed by atoms with E-state index in [0.717, 1.165) is 5.56 Å². The van der Waals surface area contributed by atoms with Crippen molar-refractivity contribution >= 4 is 29.3 Å². The third-order valence-electron chi connectivity index (χ3n) is 1.77. The van der Waals surface area contributed by atoms with Gasteiger partial charge in [0.1, 0.15) is 11.6 Å². The van der Waals surface area contributed by atoms with E-state index in [1.807, 2.05) is 18.2 Å². The molecule has 0 atom stereocenters. The number of carbonyl (C=O) groups excluding carboxylic acids is 1. The van der Waals surface area contributed by atoms with Crippen LogP contribution < -0.4 is 16.6 Å². The molecule has 0 spiro atoms. The Morgan fingerprint density at radius 3 is 2.53 bits per heavy atom. The van der Waals surface area contributed by atoms with Gasteiger partial charge in [0.15, 0.2) is 5.11 Å². The van der Waals surface area contributed by atoms with Crippen molar-refractivity contribution in [1.82, 2.24) is 10.9 Å². The third-order valence-corrected chi connectivity index (χ3v) is 1.88. The summed E-state index contributed by atoms with van der Waals surface area (Å²) in [5.41, 5.74) is 10.3. The van der Waals surface area contributed by atoms with Crippen LogP contribution in [0.2, 0.25) is 0 Å². The molecule has 0 fully saturated rings. The van der Waals surface area contributed by atoms with Crippen LogP contribution in [0.1, 0.15) is 5.56 Å². The molecule has 1 aromatic carbocycles. The van der Waals surface area contributed by atoms with Gasteiger partial charge in [0.05, 0.1) is 0 Å². The summed E-state index contributed by atoms with van der Waals surface area (Å²) in [6.07, 6.45) is 1.47. The van der Waals surface area contributed by atoms with E-state index in [4.69, 9.17) is 11.0 Å². The third kappa shape index (κ3) is 4.32. The molecule has 0 saturated carbocycles. The summed E-state index contributed by atoms with van der Waals surface area (Å²) in [5.74, 6) is -0.593. The molecule has 5 nitrogen and oxygen atoms in total. The molecule has 0 aliphatic carbocycles. The van der Waals surface area contributed by atoms with Gasteiger partial charge in [-0.3, -0.25) is 15.6 Å². The number of benzene rings is 1. The number of hydrazine groups is 1. The Bertz CT molecular complexity index is 490. The molecule has 0 aliphatic heterocycles. The van der Waals surface area contributed by atoms with E-state index in [0.29, 0.717) is 0 Å². The maximum atomic E-state index is 11.5. The summed E-state index contributed by atoms with van der Waals surface area (Å²) in [4.78, 5) is 11.5. The number of amides is 1. The molecule has 0 bridgehead atoms. The molecule has 1 rings (SSSR count). The maximum Gasteiger partial charge on any atom is 0.280 e. The predicted molar refractivity (Wildman–Crippen MR) is 68.1 cm³/mol. The average molecular weight is 246 g/mol. The molecule has 1 amide bonds. The molecule has 1 aromatic rings. The highest BCUT2D eigenvalue weighted by Crippen LogP contribution is 2.05. The number of nitriles is 1.